The van der Waals surface area contributed by atoms with Crippen molar-refractivity contribution in [3.8, 4) is 0 Å². The van der Waals surface area contributed by atoms with Crippen molar-refractivity contribution in [2.75, 3.05) is 24.2 Å². The van der Waals surface area contributed by atoms with E-state index in [1.807, 2.05) is 0 Å². The van der Waals surface area contributed by atoms with E-state index in [4.69, 9.17) is 23.2 Å². The number of carbonyl (C=O) groups excluding carboxylic acids is 1. The van der Waals surface area contributed by atoms with Gasteiger partial charge in [0, 0.05) is 7.05 Å². The number of sulfonamides is 1. The fourth-order valence-electron chi connectivity index (χ4n) is 1.99. The van der Waals surface area contributed by atoms with Gasteiger partial charge in [0.15, 0.2) is 0 Å². The Morgan fingerprint density at radius 1 is 1.25 bits per heavy atom. The summed E-state index contributed by atoms with van der Waals surface area (Å²) in [4.78, 5) is 39.3. The summed E-state index contributed by atoms with van der Waals surface area (Å²) in [7, 11) is -2.63. The van der Waals surface area contributed by atoms with Crippen molar-refractivity contribution in [3.05, 3.63) is 36.8 Å². The molecule has 1 aromatic carbocycles. The SMILES string of the molecule is CNC(=O)CN(c1c(Cl)c(Cl)cc2[nH]c(=O)c(=O)[nH]c12)S(C)(=O)=O. The Morgan fingerprint density at radius 3 is 2.38 bits per heavy atom. The molecule has 0 bridgehead atoms. The Labute approximate surface area is 145 Å². The van der Waals surface area contributed by atoms with Gasteiger partial charge in [-0.05, 0) is 6.07 Å². The van der Waals surface area contributed by atoms with Gasteiger partial charge in [0.1, 0.15) is 6.54 Å². The highest BCUT2D eigenvalue weighted by molar-refractivity contribution is 7.92. The van der Waals surface area contributed by atoms with Gasteiger partial charge in [-0.25, -0.2) is 8.42 Å². The van der Waals surface area contributed by atoms with Crippen molar-refractivity contribution in [1.82, 2.24) is 15.3 Å². The number of hydrogen-bond acceptors (Lipinski definition) is 5. The van der Waals surface area contributed by atoms with Crippen molar-refractivity contribution in [2.45, 2.75) is 0 Å². The van der Waals surface area contributed by atoms with E-state index in [2.05, 4.69) is 15.3 Å². The van der Waals surface area contributed by atoms with Crippen LogP contribution in [0.1, 0.15) is 0 Å². The predicted molar refractivity (Wildman–Crippen MR) is 91.5 cm³/mol. The van der Waals surface area contributed by atoms with E-state index < -0.39 is 33.6 Å². The van der Waals surface area contributed by atoms with Crippen LogP contribution in [0.2, 0.25) is 10.0 Å². The molecule has 2 rings (SSSR count). The van der Waals surface area contributed by atoms with Gasteiger partial charge in [0.25, 0.3) is 0 Å². The molecule has 0 fully saturated rings. The van der Waals surface area contributed by atoms with Gasteiger partial charge in [-0.2, -0.15) is 0 Å². The van der Waals surface area contributed by atoms with Crippen molar-refractivity contribution < 1.29 is 13.2 Å². The average molecular weight is 395 g/mol. The second kappa shape index (κ2) is 6.46. The van der Waals surface area contributed by atoms with E-state index in [0.717, 1.165) is 6.26 Å². The third-order valence-corrected chi connectivity index (χ3v) is 4.99. The number of H-pyrrole nitrogens is 2. The van der Waals surface area contributed by atoms with Gasteiger partial charge in [-0.1, -0.05) is 23.2 Å². The van der Waals surface area contributed by atoms with Crippen molar-refractivity contribution in [2.24, 2.45) is 0 Å². The second-order valence-corrected chi connectivity index (χ2v) is 7.49. The number of nitrogens with zero attached hydrogens (tertiary/aromatic N) is 1. The molecule has 0 saturated heterocycles. The lowest BCUT2D eigenvalue weighted by atomic mass is 10.2. The lowest BCUT2D eigenvalue weighted by Crippen LogP contribution is -2.40. The van der Waals surface area contributed by atoms with Crippen LogP contribution in [0.3, 0.4) is 0 Å². The van der Waals surface area contributed by atoms with Gasteiger partial charge >= 0.3 is 11.1 Å². The number of likely N-dealkylation sites (N-methyl/N-ethyl adjacent to an activating group) is 1. The highest BCUT2D eigenvalue weighted by atomic mass is 35.5. The molecule has 2 aromatic rings. The number of amides is 1. The molecule has 0 atom stereocenters. The Hall–Kier alpha value is -2.04. The summed E-state index contributed by atoms with van der Waals surface area (Å²) in [5, 5.41) is 2.03. The minimum atomic E-state index is -3.96. The zero-order chi connectivity index (χ0) is 18.2. The van der Waals surface area contributed by atoms with Crippen molar-refractivity contribution >= 4 is 55.9 Å². The maximum atomic E-state index is 12.1. The highest BCUT2D eigenvalue weighted by Gasteiger charge is 2.27. The summed E-state index contributed by atoms with van der Waals surface area (Å²) < 4.78 is 24.9. The van der Waals surface area contributed by atoms with Crippen LogP contribution in [-0.2, 0) is 14.8 Å². The highest BCUT2D eigenvalue weighted by Crippen LogP contribution is 2.38. The largest absolute Gasteiger partial charge is 0.358 e. The number of carbonyl (C=O) groups is 1. The minimum Gasteiger partial charge on any atom is -0.358 e. The van der Waals surface area contributed by atoms with Gasteiger partial charge in [-0.15, -0.1) is 0 Å². The Balaban J connectivity index is 2.92. The molecule has 3 N–H and O–H groups in total. The number of fused-ring (bicyclic) bond motifs is 1. The Kier molecular flexibility index (Phi) is 4.92. The molecular formula is C12H12Cl2N4O5S. The number of hydrogen-bond donors (Lipinski definition) is 3. The average Bonchev–Trinajstić information content (AvgIpc) is 2.48. The van der Waals surface area contributed by atoms with Gasteiger partial charge in [0.2, 0.25) is 15.9 Å². The summed E-state index contributed by atoms with van der Waals surface area (Å²) >= 11 is 12.1. The number of halogens is 2. The summed E-state index contributed by atoms with van der Waals surface area (Å²) in [6.07, 6.45) is 0.864. The maximum absolute atomic E-state index is 12.1. The van der Waals surface area contributed by atoms with E-state index >= 15 is 0 Å². The van der Waals surface area contributed by atoms with E-state index in [-0.39, 0.29) is 26.8 Å². The first-order valence-corrected chi connectivity index (χ1v) is 8.99. The van der Waals surface area contributed by atoms with Gasteiger partial charge in [0.05, 0.1) is 33.0 Å². The number of benzene rings is 1. The number of aromatic amines is 2. The molecule has 0 aliphatic heterocycles. The van der Waals surface area contributed by atoms with Gasteiger partial charge < -0.3 is 15.3 Å². The van der Waals surface area contributed by atoms with Crippen LogP contribution in [-0.4, -0.2) is 44.1 Å². The normalized spacial score (nSPS) is 11.5. The molecule has 1 heterocycles. The molecule has 0 aliphatic carbocycles. The molecule has 0 unspecified atom stereocenters. The smallest absolute Gasteiger partial charge is 0.314 e. The third kappa shape index (κ3) is 3.40. The van der Waals surface area contributed by atoms with Crippen LogP contribution in [0.25, 0.3) is 11.0 Å². The number of rotatable bonds is 4. The Bertz CT molecular complexity index is 1040. The number of anilines is 1. The van der Waals surface area contributed by atoms with Crippen LogP contribution in [0.4, 0.5) is 5.69 Å². The molecule has 9 nitrogen and oxygen atoms in total. The summed E-state index contributed by atoms with van der Waals surface area (Å²) in [6, 6.07) is 1.26. The first-order valence-electron chi connectivity index (χ1n) is 6.39. The number of aromatic nitrogens is 2. The lowest BCUT2D eigenvalue weighted by molar-refractivity contribution is -0.119. The molecule has 12 heteroatoms. The van der Waals surface area contributed by atoms with E-state index in [9.17, 15) is 22.8 Å². The summed E-state index contributed by atoms with van der Waals surface area (Å²) in [5.74, 6) is -0.614. The molecule has 24 heavy (non-hydrogen) atoms. The fourth-order valence-corrected chi connectivity index (χ4v) is 3.36. The molecule has 0 aliphatic rings. The molecule has 0 spiro atoms. The van der Waals surface area contributed by atoms with E-state index in [1.54, 1.807) is 0 Å². The summed E-state index contributed by atoms with van der Waals surface area (Å²) in [5.41, 5.74) is -2.16. The molecule has 1 amide bonds. The van der Waals surface area contributed by atoms with E-state index in [0.29, 0.717) is 4.31 Å². The first-order chi connectivity index (χ1) is 11.1. The quantitative estimate of drug-likeness (QED) is 0.629. The van der Waals surface area contributed by atoms with Gasteiger partial charge in [-0.3, -0.25) is 18.7 Å². The maximum Gasteiger partial charge on any atom is 0.314 e. The van der Waals surface area contributed by atoms with Crippen molar-refractivity contribution in [3.63, 3.8) is 0 Å². The predicted octanol–water partition coefficient (Wildman–Crippen LogP) is 0.0352. The van der Waals surface area contributed by atoms with Crippen LogP contribution in [0.15, 0.2) is 15.7 Å². The van der Waals surface area contributed by atoms with Crippen LogP contribution in [0, 0.1) is 0 Å². The first kappa shape index (κ1) is 18.3. The third-order valence-electron chi connectivity index (χ3n) is 3.10. The number of nitrogens with one attached hydrogen (secondary N) is 3. The Morgan fingerprint density at radius 2 is 1.83 bits per heavy atom. The fraction of sp³-hybridized carbons (Fsp3) is 0.250. The van der Waals surface area contributed by atoms with Crippen LogP contribution >= 0.6 is 23.2 Å². The van der Waals surface area contributed by atoms with Crippen LogP contribution in [0.5, 0.6) is 0 Å². The second-order valence-electron chi connectivity index (χ2n) is 4.79. The van der Waals surface area contributed by atoms with Crippen molar-refractivity contribution in [1.29, 1.82) is 0 Å². The van der Waals surface area contributed by atoms with E-state index in [1.165, 1.54) is 13.1 Å². The molecule has 130 valence electrons. The minimum absolute atomic E-state index is 0.0626. The zero-order valence-corrected chi connectivity index (χ0v) is 14.8. The zero-order valence-electron chi connectivity index (χ0n) is 12.4. The summed E-state index contributed by atoms with van der Waals surface area (Å²) in [6.45, 7) is -0.592. The molecule has 1 aromatic heterocycles. The lowest BCUT2D eigenvalue weighted by Gasteiger charge is -2.24. The van der Waals surface area contributed by atoms with Crippen LogP contribution < -0.4 is 20.7 Å². The molecular weight excluding hydrogens is 383 g/mol. The monoisotopic (exact) mass is 394 g/mol. The molecule has 0 saturated carbocycles. The topological polar surface area (TPSA) is 132 Å². The molecule has 0 radical (unpaired) electrons. The standard InChI is InChI=1S/C12H12Cl2N4O5S/c1-15-7(19)4-18(24(2,22)23)10-8(14)5(13)3-6-9(10)17-12(21)11(20)16-6/h3H,4H2,1-2H3,(H,15,19)(H,16,20)(H,17,21).